The van der Waals surface area contributed by atoms with E-state index in [1.54, 1.807) is 12.1 Å². The summed E-state index contributed by atoms with van der Waals surface area (Å²) < 4.78 is 5.30. The number of phenols is 1. The van der Waals surface area contributed by atoms with Gasteiger partial charge in [-0.05, 0) is 24.1 Å². The second-order valence-corrected chi connectivity index (χ2v) is 5.73. The average molecular weight is 322 g/mol. The Labute approximate surface area is 139 Å². The fraction of sp³-hybridized carbons (Fsp3) is 0.611. The largest absolute Gasteiger partial charge is 0.504 e. The van der Waals surface area contributed by atoms with Crippen molar-refractivity contribution in [1.29, 1.82) is 0 Å². The molecule has 0 aromatic heterocycles. The zero-order valence-corrected chi connectivity index (χ0v) is 14.1. The smallest absolute Gasteiger partial charge is 0.220 e. The van der Waals surface area contributed by atoms with Gasteiger partial charge in [0.1, 0.15) is 6.61 Å². The van der Waals surface area contributed by atoms with Crippen molar-refractivity contribution in [3.63, 3.8) is 0 Å². The zero-order valence-electron chi connectivity index (χ0n) is 14.1. The van der Waals surface area contributed by atoms with Gasteiger partial charge in [0, 0.05) is 19.5 Å². The predicted molar refractivity (Wildman–Crippen MR) is 92.5 cm³/mol. The number of hydrogen-bond acceptors (Lipinski definition) is 4. The Morgan fingerprint density at radius 1 is 1.22 bits per heavy atom. The first kappa shape index (κ1) is 19.3. The van der Waals surface area contributed by atoms with Crippen LogP contribution in [0.3, 0.4) is 0 Å². The Hall–Kier alpha value is -1.75. The Morgan fingerprint density at radius 3 is 2.65 bits per heavy atom. The van der Waals surface area contributed by atoms with E-state index in [1.165, 1.54) is 25.7 Å². The third kappa shape index (κ3) is 8.45. The molecule has 0 aliphatic carbocycles. The third-order valence-electron chi connectivity index (χ3n) is 3.65. The van der Waals surface area contributed by atoms with Crippen LogP contribution in [0.4, 0.5) is 0 Å². The van der Waals surface area contributed by atoms with Crippen molar-refractivity contribution in [2.75, 3.05) is 13.2 Å². The summed E-state index contributed by atoms with van der Waals surface area (Å²) in [6.07, 6.45) is 7.60. The SMILES string of the molecule is CCCCCCCCC(=O)NCc1ccc(OCCN)c(O)c1. The summed E-state index contributed by atoms with van der Waals surface area (Å²) >= 11 is 0. The molecule has 0 unspecified atom stereocenters. The lowest BCUT2D eigenvalue weighted by Crippen LogP contribution is -2.22. The fourth-order valence-corrected chi connectivity index (χ4v) is 2.32. The highest BCUT2D eigenvalue weighted by molar-refractivity contribution is 5.75. The molecule has 0 aliphatic heterocycles. The predicted octanol–water partition coefficient (Wildman–Crippen LogP) is 3.10. The maximum atomic E-state index is 11.8. The summed E-state index contributed by atoms with van der Waals surface area (Å²) in [5.74, 6) is 0.544. The van der Waals surface area contributed by atoms with Gasteiger partial charge in [-0.1, -0.05) is 45.1 Å². The average Bonchev–Trinajstić information content (AvgIpc) is 2.55. The van der Waals surface area contributed by atoms with Crippen molar-refractivity contribution < 1.29 is 14.6 Å². The van der Waals surface area contributed by atoms with Crippen LogP contribution in [0, 0.1) is 0 Å². The molecule has 130 valence electrons. The molecule has 0 aliphatic rings. The van der Waals surface area contributed by atoms with Crippen LogP contribution in [0.15, 0.2) is 18.2 Å². The minimum absolute atomic E-state index is 0.0587. The minimum Gasteiger partial charge on any atom is -0.504 e. The summed E-state index contributed by atoms with van der Waals surface area (Å²) in [4.78, 5) is 11.8. The van der Waals surface area contributed by atoms with Crippen molar-refractivity contribution in [2.45, 2.75) is 58.4 Å². The molecule has 1 rings (SSSR count). The summed E-state index contributed by atoms with van der Waals surface area (Å²) in [7, 11) is 0. The molecule has 5 nitrogen and oxygen atoms in total. The van der Waals surface area contributed by atoms with Crippen LogP contribution in [-0.2, 0) is 11.3 Å². The normalized spacial score (nSPS) is 10.5. The first-order valence-corrected chi connectivity index (χ1v) is 8.58. The van der Waals surface area contributed by atoms with Gasteiger partial charge in [-0.25, -0.2) is 0 Å². The maximum absolute atomic E-state index is 11.8. The molecule has 0 atom stereocenters. The van der Waals surface area contributed by atoms with E-state index in [0.29, 0.717) is 31.9 Å². The number of nitrogens with two attached hydrogens (primary N) is 1. The third-order valence-corrected chi connectivity index (χ3v) is 3.65. The van der Waals surface area contributed by atoms with Crippen molar-refractivity contribution >= 4 is 5.91 Å². The minimum atomic E-state index is 0.0587. The van der Waals surface area contributed by atoms with Gasteiger partial charge in [-0.15, -0.1) is 0 Å². The molecule has 1 aromatic carbocycles. The summed E-state index contributed by atoms with van der Waals surface area (Å²) in [6.45, 7) is 3.37. The number of ether oxygens (including phenoxy) is 1. The summed E-state index contributed by atoms with van der Waals surface area (Å²) in [6, 6.07) is 5.13. The lowest BCUT2D eigenvalue weighted by atomic mass is 10.1. The molecule has 23 heavy (non-hydrogen) atoms. The van der Waals surface area contributed by atoms with Gasteiger partial charge >= 0.3 is 0 Å². The molecule has 1 aromatic rings. The fourth-order valence-electron chi connectivity index (χ4n) is 2.32. The van der Waals surface area contributed by atoms with Gasteiger partial charge in [0.15, 0.2) is 11.5 Å². The Kier molecular flexibility index (Phi) is 9.87. The summed E-state index contributed by atoms with van der Waals surface area (Å²) in [5, 5.41) is 12.7. The first-order chi connectivity index (χ1) is 11.2. The summed E-state index contributed by atoms with van der Waals surface area (Å²) in [5.41, 5.74) is 6.20. The number of rotatable bonds is 12. The number of carbonyl (C=O) groups excluding carboxylic acids is 1. The van der Waals surface area contributed by atoms with Crippen LogP contribution < -0.4 is 15.8 Å². The van der Waals surface area contributed by atoms with Crippen LogP contribution in [0.2, 0.25) is 0 Å². The molecular formula is C18H30N2O3. The van der Waals surface area contributed by atoms with Crippen LogP contribution >= 0.6 is 0 Å². The van der Waals surface area contributed by atoms with Gasteiger partial charge in [-0.2, -0.15) is 0 Å². The van der Waals surface area contributed by atoms with E-state index in [2.05, 4.69) is 12.2 Å². The highest BCUT2D eigenvalue weighted by atomic mass is 16.5. The molecule has 0 spiro atoms. The molecule has 0 bridgehead atoms. The standard InChI is InChI=1S/C18H30N2O3/c1-2-3-4-5-6-7-8-18(22)20-14-15-9-10-17(16(21)13-15)23-12-11-19/h9-10,13,21H,2-8,11-12,14,19H2,1H3,(H,20,22). The van der Waals surface area contributed by atoms with Gasteiger partial charge in [0.05, 0.1) is 0 Å². The molecule has 4 N–H and O–H groups in total. The monoisotopic (exact) mass is 322 g/mol. The Bertz CT molecular complexity index is 464. The van der Waals surface area contributed by atoms with Crippen molar-refractivity contribution in [3.8, 4) is 11.5 Å². The molecule has 5 heteroatoms. The van der Waals surface area contributed by atoms with Crippen molar-refractivity contribution in [3.05, 3.63) is 23.8 Å². The van der Waals surface area contributed by atoms with Gasteiger partial charge in [0.25, 0.3) is 0 Å². The van der Waals surface area contributed by atoms with Crippen molar-refractivity contribution in [2.24, 2.45) is 5.73 Å². The Balaban J connectivity index is 2.23. The Morgan fingerprint density at radius 2 is 1.96 bits per heavy atom. The number of amides is 1. The molecule has 0 heterocycles. The highest BCUT2D eigenvalue weighted by Gasteiger charge is 2.05. The molecule has 0 fully saturated rings. The number of phenolic OH excluding ortho intramolecular Hbond substituents is 1. The first-order valence-electron chi connectivity index (χ1n) is 8.58. The molecule has 0 radical (unpaired) electrons. The lowest BCUT2D eigenvalue weighted by Gasteiger charge is -2.09. The van der Waals surface area contributed by atoms with Crippen LogP contribution in [0.1, 0.15) is 57.4 Å². The number of benzene rings is 1. The van der Waals surface area contributed by atoms with E-state index in [0.717, 1.165) is 18.4 Å². The van der Waals surface area contributed by atoms with E-state index in [-0.39, 0.29) is 11.7 Å². The van der Waals surface area contributed by atoms with Crippen LogP contribution in [-0.4, -0.2) is 24.2 Å². The number of nitrogens with one attached hydrogen (secondary N) is 1. The van der Waals surface area contributed by atoms with Crippen molar-refractivity contribution in [1.82, 2.24) is 5.32 Å². The second kappa shape index (κ2) is 11.8. The number of unbranched alkanes of at least 4 members (excludes halogenated alkanes) is 5. The van der Waals surface area contributed by atoms with Crippen LogP contribution in [0.5, 0.6) is 11.5 Å². The maximum Gasteiger partial charge on any atom is 0.220 e. The molecule has 0 saturated carbocycles. The van der Waals surface area contributed by atoms with E-state index in [1.807, 2.05) is 6.07 Å². The van der Waals surface area contributed by atoms with Crippen LogP contribution in [0.25, 0.3) is 0 Å². The molecule has 1 amide bonds. The molecule has 0 saturated heterocycles. The van der Waals surface area contributed by atoms with Gasteiger partial charge < -0.3 is 20.9 Å². The zero-order chi connectivity index (χ0) is 16.9. The van der Waals surface area contributed by atoms with Gasteiger partial charge in [-0.3, -0.25) is 4.79 Å². The number of carbonyl (C=O) groups is 1. The number of hydrogen-bond donors (Lipinski definition) is 3. The number of aromatic hydroxyl groups is 1. The van der Waals surface area contributed by atoms with E-state index < -0.39 is 0 Å². The van der Waals surface area contributed by atoms with E-state index in [4.69, 9.17) is 10.5 Å². The highest BCUT2D eigenvalue weighted by Crippen LogP contribution is 2.26. The second-order valence-electron chi connectivity index (χ2n) is 5.73. The molecular weight excluding hydrogens is 292 g/mol. The quantitative estimate of drug-likeness (QED) is 0.516. The van der Waals surface area contributed by atoms with E-state index >= 15 is 0 Å². The van der Waals surface area contributed by atoms with Gasteiger partial charge in [0.2, 0.25) is 5.91 Å². The topological polar surface area (TPSA) is 84.6 Å². The lowest BCUT2D eigenvalue weighted by molar-refractivity contribution is -0.121. The van der Waals surface area contributed by atoms with E-state index in [9.17, 15) is 9.90 Å².